The lowest BCUT2D eigenvalue weighted by molar-refractivity contribution is -0.326. The Morgan fingerprint density at radius 2 is 1.94 bits per heavy atom. The van der Waals surface area contributed by atoms with Crippen LogP contribution < -0.4 is 5.73 Å². The molecule has 1 aliphatic rings. The Labute approximate surface area is 175 Å². The van der Waals surface area contributed by atoms with E-state index in [0.29, 0.717) is 0 Å². The summed E-state index contributed by atoms with van der Waals surface area (Å²) in [5, 5.41) is 78.7. The second kappa shape index (κ2) is 11.0. The molecule has 0 aromatic carbocycles. The van der Waals surface area contributed by atoms with E-state index in [1.165, 1.54) is 0 Å². The van der Waals surface area contributed by atoms with Crippen molar-refractivity contribution in [2.24, 2.45) is 10.7 Å². The van der Waals surface area contributed by atoms with Crippen LogP contribution in [-0.4, -0.2) is 131 Å². The highest BCUT2D eigenvalue weighted by atomic mass is 16.7. The van der Waals surface area contributed by atoms with Crippen LogP contribution in [0, 0.1) is 0 Å². The van der Waals surface area contributed by atoms with Crippen molar-refractivity contribution in [3.05, 3.63) is 12.0 Å². The smallest absolute Gasteiger partial charge is 0.269 e. The van der Waals surface area contributed by atoms with E-state index in [2.05, 4.69) is 15.0 Å². The zero-order valence-corrected chi connectivity index (χ0v) is 16.0. The Morgan fingerprint density at radius 1 is 1.26 bits per heavy atom. The molecule has 0 saturated carbocycles. The van der Waals surface area contributed by atoms with E-state index >= 15 is 0 Å². The molecule has 0 aliphatic carbocycles. The first-order valence-electron chi connectivity index (χ1n) is 9.10. The number of rotatable bonds is 10. The summed E-state index contributed by atoms with van der Waals surface area (Å²) < 4.78 is 10.4. The monoisotopic (exact) mass is 450 g/mol. The fourth-order valence-corrected chi connectivity index (χ4v) is 2.83. The number of amides is 1. The highest BCUT2D eigenvalue weighted by Gasteiger charge is 2.46. The van der Waals surface area contributed by atoms with E-state index in [1.54, 1.807) is 0 Å². The van der Waals surface area contributed by atoms with Crippen LogP contribution in [-0.2, 0) is 9.47 Å². The standard InChI is InChI=1S/C16H26N4O11/c17-14(29)8-15(20-4-19-8)18-1-5(23)9(25)13(6(24)2-21)31-16-12(28)11(27)10(26)7(3-22)30-16/h1,4-7,9-13,16,21-28H,2-3H2,(H2,17,29)(H,19,20)/t5-,6+,7+,9+,10-,11-,12+,13+,16-/m0/s1. The maximum absolute atomic E-state index is 11.2. The number of aliphatic hydroxyl groups is 8. The molecule has 1 aromatic heterocycles. The van der Waals surface area contributed by atoms with Gasteiger partial charge in [0.05, 0.1) is 19.5 Å². The molecule has 1 saturated heterocycles. The lowest BCUT2D eigenvalue weighted by Crippen LogP contribution is -2.61. The molecule has 2 heterocycles. The number of imidazole rings is 1. The molecule has 11 N–H and O–H groups in total. The number of aliphatic hydroxyl groups excluding tert-OH is 8. The van der Waals surface area contributed by atoms with Gasteiger partial charge >= 0.3 is 0 Å². The summed E-state index contributed by atoms with van der Waals surface area (Å²) in [7, 11) is 0. The van der Waals surface area contributed by atoms with E-state index < -0.39 is 74.2 Å². The average Bonchev–Trinajstić information content (AvgIpc) is 3.23. The first-order valence-corrected chi connectivity index (χ1v) is 9.10. The molecule has 176 valence electrons. The molecule has 0 spiro atoms. The van der Waals surface area contributed by atoms with E-state index in [1.807, 2.05) is 0 Å². The summed E-state index contributed by atoms with van der Waals surface area (Å²) in [4.78, 5) is 21.1. The lowest BCUT2D eigenvalue weighted by Gasteiger charge is -2.42. The van der Waals surface area contributed by atoms with Crippen molar-refractivity contribution >= 4 is 17.9 Å². The SMILES string of the molecule is NC(=O)c1[nH]cnc1N=C[C@H](O)[C@@H](O)[C@H](O[C@@H]1O[C@H](CO)[C@H](O)[C@H](O)[C@H]1O)[C@H](O)CO. The predicted molar refractivity (Wildman–Crippen MR) is 99.0 cm³/mol. The van der Waals surface area contributed by atoms with Crippen LogP contribution in [0.4, 0.5) is 5.82 Å². The van der Waals surface area contributed by atoms with Gasteiger partial charge in [-0.3, -0.25) is 4.79 Å². The van der Waals surface area contributed by atoms with Gasteiger partial charge in [-0.15, -0.1) is 0 Å². The molecule has 2 rings (SSSR count). The fraction of sp³-hybridized carbons (Fsp3) is 0.688. The minimum atomic E-state index is -1.96. The number of ether oxygens (including phenoxy) is 2. The van der Waals surface area contributed by atoms with Crippen LogP contribution in [0.3, 0.4) is 0 Å². The zero-order chi connectivity index (χ0) is 23.3. The van der Waals surface area contributed by atoms with Gasteiger partial charge in [0.2, 0.25) is 0 Å². The molecule has 1 aromatic rings. The quantitative estimate of drug-likeness (QED) is 0.150. The summed E-state index contributed by atoms with van der Waals surface area (Å²) in [6, 6.07) is 0. The van der Waals surface area contributed by atoms with Crippen molar-refractivity contribution in [2.75, 3.05) is 13.2 Å². The van der Waals surface area contributed by atoms with Gasteiger partial charge < -0.3 is 61.0 Å². The lowest BCUT2D eigenvalue weighted by atomic mass is 9.98. The normalized spacial score (nSPS) is 30.8. The van der Waals surface area contributed by atoms with Gasteiger partial charge in [0.15, 0.2) is 17.8 Å². The molecule has 9 atom stereocenters. The number of nitrogens with one attached hydrogen (secondary N) is 1. The first-order chi connectivity index (χ1) is 14.6. The average molecular weight is 450 g/mol. The van der Waals surface area contributed by atoms with Gasteiger partial charge in [0.25, 0.3) is 5.91 Å². The van der Waals surface area contributed by atoms with Gasteiger partial charge in [-0.1, -0.05) is 0 Å². The zero-order valence-electron chi connectivity index (χ0n) is 16.0. The van der Waals surface area contributed by atoms with Crippen LogP contribution in [0.5, 0.6) is 0 Å². The van der Waals surface area contributed by atoms with Crippen LogP contribution in [0.1, 0.15) is 10.5 Å². The molecule has 1 fully saturated rings. The maximum atomic E-state index is 11.2. The Kier molecular flexibility index (Phi) is 8.95. The molecule has 0 bridgehead atoms. The van der Waals surface area contributed by atoms with E-state index in [-0.39, 0.29) is 11.5 Å². The highest BCUT2D eigenvalue weighted by molar-refractivity contribution is 5.95. The molecule has 1 amide bonds. The third-order valence-corrected chi connectivity index (χ3v) is 4.61. The topological polar surface area (TPSA) is 264 Å². The summed E-state index contributed by atoms with van der Waals surface area (Å²) in [5.41, 5.74) is 4.96. The number of aliphatic imine (C=N–C) groups is 1. The highest BCUT2D eigenvalue weighted by Crippen LogP contribution is 2.25. The molecule has 1 aliphatic heterocycles. The third kappa shape index (κ3) is 5.80. The number of primary amides is 1. The number of carbonyl (C=O) groups is 1. The Hall–Kier alpha value is -2.05. The van der Waals surface area contributed by atoms with Gasteiger partial charge in [-0.2, -0.15) is 0 Å². The third-order valence-electron chi connectivity index (χ3n) is 4.61. The molecule has 0 radical (unpaired) electrons. The first kappa shape index (κ1) is 25.2. The number of hydrogen-bond donors (Lipinski definition) is 10. The minimum absolute atomic E-state index is 0.164. The van der Waals surface area contributed by atoms with Crippen LogP contribution in [0.2, 0.25) is 0 Å². The van der Waals surface area contributed by atoms with Crippen LogP contribution >= 0.6 is 0 Å². The predicted octanol–water partition coefficient (Wildman–Crippen LogP) is -5.53. The Balaban J connectivity index is 2.16. The Bertz CT molecular complexity index is 745. The number of nitrogens with zero attached hydrogens (tertiary/aromatic N) is 2. The second-order valence-electron chi connectivity index (χ2n) is 6.77. The summed E-state index contributed by atoms with van der Waals surface area (Å²) in [6.45, 7) is -1.68. The fourth-order valence-electron chi connectivity index (χ4n) is 2.83. The maximum Gasteiger partial charge on any atom is 0.269 e. The van der Waals surface area contributed by atoms with Crippen molar-refractivity contribution in [3.8, 4) is 0 Å². The molecule has 31 heavy (non-hydrogen) atoms. The molecular formula is C16H26N4O11. The van der Waals surface area contributed by atoms with E-state index in [9.17, 15) is 45.6 Å². The summed E-state index contributed by atoms with van der Waals surface area (Å²) in [5.74, 6) is -1.06. The van der Waals surface area contributed by atoms with Gasteiger partial charge in [-0.05, 0) is 0 Å². The van der Waals surface area contributed by atoms with Crippen molar-refractivity contribution in [1.29, 1.82) is 0 Å². The summed E-state index contributed by atoms with van der Waals surface area (Å²) >= 11 is 0. The van der Waals surface area contributed by atoms with Gasteiger partial charge in [0.1, 0.15) is 48.8 Å². The Morgan fingerprint density at radius 3 is 2.52 bits per heavy atom. The van der Waals surface area contributed by atoms with E-state index in [0.717, 1.165) is 12.5 Å². The number of hydrogen-bond acceptors (Lipinski definition) is 13. The minimum Gasteiger partial charge on any atom is -0.394 e. The number of aromatic nitrogens is 2. The molecule has 0 unspecified atom stereocenters. The number of aromatic amines is 1. The molecule has 15 nitrogen and oxygen atoms in total. The second-order valence-corrected chi connectivity index (χ2v) is 6.77. The number of carbonyl (C=O) groups excluding carboxylic acids is 1. The van der Waals surface area contributed by atoms with Crippen LogP contribution in [0.15, 0.2) is 11.3 Å². The van der Waals surface area contributed by atoms with Crippen molar-refractivity contribution in [3.63, 3.8) is 0 Å². The molecule has 15 heteroatoms. The van der Waals surface area contributed by atoms with Gasteiger partial charge in [-0.25, -0.2) is 9.98 Å². The van der Waals surface area contributed by atoms with Crippen molar-refractivity contribution in [1.82, 2.24) is 9.97 Å². The van der Waals surface area contributed by atoms with Crippen LogP contribution in [0.25, 0.3) is 0 Å². The van der Waals surface area contributed by atoms with Crippen molar-refractivity contribution < 1.29 is 55.1 Å². The van der Waals surface area contributed by atoms with Gasteiger partial charge in [0, 0.05) is 6.21 Å². The molecular weight excluding hydrogens is 424 g/mol. The van der Waals surface area contributed by atoms with Crippen molar-refractivity contribution in [2.45, 2.75) is 55.1 Å². The largest absolute Gasteiger partial charge is 0.394 e. The van der Waals surface area contributed by atoms with E-state index in [4.69, 9.17) is 15.2 Å². The number of nitrogens with two attached hydrogens (primary N) is 1. The summed E-state index contributed by atoms with van der Waals surface area (Å²) in [6.07, 6.45) is -13.9. The number of H-pyrrole nitrogens is 1.